The van der Waals surface area contributed by atoms with Crippen LogP contribution in [0.15, 0.2) is 18.2 Å². The molecule has 0 radical (unpaired) electrons. The van der Waals surface area contributed by atoms with Crippen molar-refractivity contribution in [2.24, 2.45) is 5.92 Å². The number of nitrogens with one attached hydrogen (secondary N) is 1. The van der Waals surface area contributed by atoms with Gasteiger partial charge in [-0.15, -0.1) is 0 Å². The number of carbonyl (C=O) groups excluding carboxylic acids is 2. The standard InChI is InChI=1S/C16H18N2O5/c1-8-14(19)17-12-5-3-4-11(13(12)23-8)15(20)18(2)10-6-9(7-10)16(21)22/h3-5,8-10H,6-7H2,1-2H3,(H,17,19)(H,21,22). The number of para-hydroxylation sites is 1. The Bertz CT molecular complexity index is 681. The number of fused-ring (bicyclic) bond motifs is 1. The van der Waals surface area contributed by atoms with Crippen molar-refractivity contribution in [2.75, 3.05) is 12.4 Å². The summed E-state index contributed by atoms with van der Waals surface area (Å²) in [5.74, 6) is -1.32. The predicted octanol–water partition coefficient (Wildman–Crippen LogP) is 1.34. The maximum absolute atomic E-state index is 12.7. The average molecular weight is 318 g/mol. The fourth-order valence-corrected chi connectivity index (χ4v) is 2.86. The zero-order valence-corrected chi connectivity index (χ0v) is 12.9. The van der Waals surface area contributed by atoms with Crippen molar-refractivity contribution in [3.05, 3.63) is 23.8 Å². The Balaban J connectivity index is 1.80. The van der Waals surface area contributed by atoms with Gasteiger partial charge in [0.1, 0.15) is 0 Å². The fourth-order valence-electron chi connectivity index (χ4n) is 2.86. The second-order valence-corrected chi connectivity index (χ2v) is 6.01. The third-order valence-electron chi connectivity index (χ3n) is 4.50. The van der Waals surface area contributed by atoms with Crippen LogP contribution < -0.4 is 10.1 Å². The fraction of sp³-hybridized carbons (Fsp3) is 0.438. The van der Waals surface area contributed by atoms with Crippen LogP contribution in [0.1, 0.15) is 30.1 Å². The molecule has 2 aliphatic rings. The van der Waals surface area contributed by atoms with Crippen LogP contribution >= 0.6 is 0 Å². The molecule has 1 aliphatic carbocycles. The molecular weight excluding hydrogens is 300 g/mol. The van der Waals surface area contributed by atoms with Crippen LogP contribution in [-0.4, -0.2) is 47.0 Å². The highest BCUT2D eigenvalue weighted by atomic mass is 16.5. The molecule has 2 N–H and O–H groups in total. The van der Waals surface area contributed by atoms with E-state index in [9.17, 15) is 14.4 Å². The number of aliphatic carboxylic acids is 1. The van der Waals surface area contributed by atoms with E-state index in [0.717, 1.165) is 0 Å². The molecule has 7 heteroatoms. The number of amides is 2. The minimum atomic E-state index is -0.820. The molecule has 1 aromatic carbocycles. The number of nitrogens with zero attached hydrogens (tertiary/aromatic N) is 1. The summed E-state index contributed by atoms with van der Waals surface area (Å²) in [7, 11) is 1.66. The monoisotopic (exact) mass is 318 g/mol. The van der Waals surface area contributed by atoms with E-state index in [-0.39, 0.29) is 23.8 Å². The summed E-state index contributed by atoms with van der Waals surface area (Å²) >= 11 is 0. The van der Waals surface area contributed by atoms with Gasteiger partial charge in [0.05, 0.1) is 17.2 Å². The lowest BCUT2D eigenvalue weighted by Gasteiger charge is -2.39. The molecule has 0 saturated heterocycles. The van der Waals surface area contributed by atoms with E-state index in [2.05, 4.69) is 5.32 Å². The molecule has 1 atom stereocenters. The molecule has 7 nitrogen and oxygen atoms in total. The number of carbonyl (C=O) groups is 3. The Morgan fingerprint density at radius 1 is 1.35 bits per heavy atom. The highest BCUT2D eigenvalue weighted by Gasteiger charge is 2.39. The number of ether oxygens (including phenoxy) is 1. The molecule has 0 aromatic heterocycles. The Labute approximate surface area is 133 Å². The molecule has 0 spiro atoms. The van der Waals surface area contributed by atoms with Crippen LogP contribution in [0.5, 0.6) is 5.75 Å². The zero-order chi connectivity index (χ0) is 16.7. The number of rotatable bonds is 3. The lowest BCUT2D eigenvalue weighted by Crippen LogP contribution is -2.48. The molecule has 1 aromatic rings. The normalized spacial score (nSPS) is 25.5. The van der Waals surface area contributed by atoms with E-state index >= 15 is 0 Å². The number of carboxylic acids is 1. The minimum absolute atomic E-state index is 0.0879. The van der Waals surface area contributed by atoms with Gasteiger partial charge in [-0.3, -0.25) is 14.4 Å². The summed E-state index contributed by atoms with van der Waals surface area (Å²) in [6.07, 6.45) is 0.253. The predicted molar refractivity (Wildman–Crippen MR) is 81.4 cm³/mol. The number of benzene rings is 1. The van der Waals surface area contributed by atoms with E-state index in [1.54, 1.807) is 37.1 Å². The van der Waals surface area contributed by atoms with Crippen molar-refractivity contribution in [1.82, 2.24) is 4.90 Å². The lowest BCUT2D eigenvalue weighted by molar-refractivity contribution is -0.146. The first-order valence-electron chi connectivity index (χ1n) is 7.49. The highest BCUT2D eigenvalue weighted by Crippen LogP contribution is 2.36. The Morgan fingerprint density at radius 3 is 2.70 bits per heavy atom. The largest absolute Gasteiger partial charge is 0.481 e. The molecule has 0 bridgehead atoms. The molecular formula is C16H18N2O5. The van der Waals surface area contributed by atoms with Crippen LogP contribution in [0.4, 0.5) is 5.69 Å². The number of hydrogen-bond donors (Lipinski definition) is 2. The van der Waals surface area contributed by atoms with Crippen molar-refractivity contribution >= 4 is 23.5 Å². The quantitative estimate of drug-likeness (QED) is 0.877. The summed E-state index contributed by atoms with van der Waals surface area (Å²) in [4.78, 5) is 36.8. The van der Waals surface area contributed by atoms with Gasteiger partial charge in [0, 0.05) is 13.1 Å². The molecule has 1 unspecified atom stereocenters. The maximum Gasteiger partial charge on any atom is 0.306 e. The molecule has 122 valence electrons. The van der Waals surface area contributed by atoms with Gasteiger partial charge in [0.25, 0.3) is 11.8 Å². The van der Waals surface area contributed by atoms with E-state index < -0.39 is 12.1 Å². The van der Waals surface area contributed by atoms with Crippen molar-refractivity contribution in [3.8, 4) is 5.75 Å². The molecule has 2 amide bonds. The van der Waals surface area contributed by atoms with Crippen LogP contribution in [-0.2, 0) is 9.59 Å². The molecule has 1 saturated carbocycles. The maximum atomic E-state index is 12.7. The van der Waals surface area contributed by atoms with E-state index in [1.165, 1.54) is 0 Å². The smallest absolute Gasteiger partial charge is 0.306 e. The number of carboxylic acid groups (broad SMARTS) is 1. The Kier molecular flexibility index (Phi) is 3.71. The second-order valence-electron chi connectivity index (χ2n) is 6.01. The van der Waals surface area contributed by atoms with Crippen molar-refractivity contribution in [1.29, 1.82) is 0 Å². The second kappa shape index (κ2) is 5.57. The number of anilines is 1. The average Bonchev–Trinajstić information content (AvgIpc) is 2.45. The molecule has 1 aliphatic heterocycles. The van der Waals surface area contributed by atoms with Crippen LogP contribution in [0.3, 0.4) is 0 Å². The molecule has 1 fully saturated rings. The van der Waals surface area contributed by atoms with Gasteiger partial charge in [-0.05, 0) is 31.9 Å². The zero-order valence-electron chi connectivity index (χ0n) is 12.9. The summed E-state index contributed by atoms with van der Waals surface area (Å²) in [5.41, 5.74) is 0.847. The summed E-state index contributed by atoms with van der Waals surface area (Å²) in [6, 6.07) is 4.92. The van der Waals surface area contributed by atoms with Gasteiger partial charge < -0.3 is 20.1 Å². The first-order chi connectivity index (χ1) is 10.9. The Hall–Kier alpha value is -2.57. The van der Waals surface area contributed by atoms with E-state index in [4.69, 9.17) is 9.84 Å². The van der Waals surface area contributed by atoms with Crippen LogP contribution in [0.2, 0.25) is 0 Å². The van der Waals surface area contributed by atoms with E-state index in [1.807, 2.05) is 0 Å². The summed E-state index contributed by atoms with van der Waals surface area (Å²) in [6.45, 7) is 1.62. The van der Waals surface area contributed by atoms with Gasteiger partial charge >= 0.3 is 5.97 Å². The highest BCUT2D eigenvalue weighted by molar-refractivity contribution is 6.04. The van der Waals surface area contributed by atoms with E-state index in [0.29, 0.717) is 29.8 Å². The van der Waals surface area contributed by atoms with Gasteiger partial charge in [-0.2, -0.15) is 0 Å². The SMILES string of the molecule is CC1Oc2c(cccc2C(=O)N(C)C2CC(C(=O)O)C2)NC1=O. The molecule has 3 rings (SSSR count). The summed E-state index contributed by atoms with van der Waals surface area (Å²) < 4.78 is 5.58. The lowest BCUT2D eigenvalue weighted by atomic mass is 9.79. The number of hydrogen-bond acceptors (Lipinski definition) is 4. The third-order valence-corrected chi connectivity index (χ3v) is 4.50. The molecule has 1 heterocycles. The first-order valence-corrected chi connectivity index (χ1v) is 7.49. The van der Waals surface area contributed by atoms with Gasteiger partial charge in [0.15, 0.2) is 11.9 Å². The summed E-state index contributed by atoms with van der Waals surface area (Å²) in [5, 5.41) is 11.6. The van der Waals surface area contributed by atoms with Crippen molar-refractivity contribution < 1.29 is 24.2 Å². The van der Waals surface area contributed by atoms with Crippen LogP contribution in [0, 0.1) is 5.92 Å². The first kappa shape index (κ1) is 15.3. The van der Waals surface area contributed by atoms with Crippen LogP contribution in [0.25, 0.3) is 0 Å². The third kappa shape index (κ3) is 2.62. The topological polar surface area (TPSA) is 95.9 Å². The molecule has 23 heavy (non-hydrogen) atoms. The van der Waals surface area contributed by atoms with Gasteiger partial charge in [0.2, 0.25) is 0 Å². The van der Waals surface area contributed by atoms with Gasteiger partial charge in [-0.1, -0.05) is 6.07 Å². The van der Waals surface area contributed by atoms with Gasteiger partial charge in [-0.25, -0.2) is 0 Å². The van der Waals surface area contributed by atoms with Crippen molar-refractivity contribution in [2.45, 2.75) is 31.9 Å². The minimum Gasteiger partial charge on any atom is -0.481 e. The Morgan fingerprint density at radius 2 is 2.04 bits per heavy atom. The van der Waals surface area contributed by atoms with Crippen molar-refractivity contribution in [3.63, 3.8) is 0 Å².